The Morgan fingerprint density at radius 3 is 2.71 bits per heavy atom. The fourth-order valence-corrected chi connectivity index (χ4v) is 1.97. The van der Waals surface area contributed by atoms with Crippen molar-refractivity contribution in [2.75, 3.05) is 5.32 Å². The minimum absolute atomic E-state index is 0.0400. The van der Waals surface area contributed by atoms with Gasteiger partial charge in [0.2, 0.25) is 0 Å². The van der Waals surface area contributed by atoms with Crippen LogP contribution in [-0.4, -0.2) is 10.8 Å². The topological polar surface area (TPSA) is 98.3 Å². The number of hydrogen-bond acceptors (Lipinski definition) is 4. The predicted octanol–water partition coefficient (Wildman–Crippen LogP) is 2.61. The maximum Gasteiger partial charge on any atom is 0.282 e. The van der Waals surface area contributed by atoms with Gasteiger partial charge in [0, 0.05) is 18.3 Å². The number of hydrogen-bond donors (Lipinski definition) is 2. The van der Waals surface area contributed by atoms with Crippen LogP contribution in [0.5, 0.6) is 0 Å². The summed E-state index contributed by atoms with van der Waals surface area (Å²) < 4.78 is 0. The molecule has 0 aliphatic carbocycles. The zero-order valence-electron chi connectivity index (χ0n) is 11.5. The van der Waals surface area contributed by atoms with E-state index < -0.39 is 10.8 Å². The van der Waals surface area contributed by atoms with Gasteiger partial charge in [0.15, 0.2) is 0 Å². The number of nitro benzene ring substituents is 1. The molecular weight excluding hydrogens is 270 g/mol. The van der Waals surface area contributed by atoms with E-state index in [9.17, 15) is 14.9 Å². The van der Waals surface area contributed by atoms with Crippen molar-refractivity contribution in [3.05, 3.63) is 69.3 Å². The van der Waals surface area contributed by atoms with Crippen molar-refractivity contribution in [3.63, 3.8) is 0 Å². The molecule has 21 heavy (non-hydrogen) atoms. The summed E-state index contributed by atoms with van der Waals surface area (Å²) in [6, 6.07) is 11.5. The Balaban J connectivity index is 2.31. The highest BCUT2D eigenvalue weighted by Crippen LogP contribution is 2.21. The number of anilines is 1. The third-order valence-corrected chi connectivity index (χ3v) is 3.01. The van der Waals surface area contributed by atoms with Crippen LogP contribution in [0.25, 0.3) is 0 Å². The highest BCUT2D eigenvalue weighted by atomic mass is 16.6. The Morgan fingerprint density at radius 2 is 2.05 bits per heavy atom. The Morgan fingerprint density at radius 1 is 1.29 bits per heavy atom. The lowest BCUT2D eigenvalue weighted by atomic mass is 10.1. The molecule has 2 rings (SSSR count). The molecule has 0 bridgehead atoms. The third kappa shape index (κ3) is 3.43. The van der Waals surface area contributed by atoms with Gasteiger partial charge in [0.05, 0.1) is 4.92 Å². The average molecular weight is 285 g/mol. The number of amides is 1. The number of aryl methyl sites for hydroxylation is 1. The molecule has 0 saturated carbocycles. The van der Waals surface area contributed by atoms with Gasteiger partial charge in [-0.3, -0.25) is 14.9 Å². The summed E-state index contributed by atoms with van der Waals surface area (Å²) in [7, 11) is 0. The molecule has 0 aliphatic heterocycles. The monoisotopic (exact) mass is 285 g/mol. The second-order valence-corrected chi connectivity index (χ2v) is 4.64. The van der Waals surface area contributed by atoms with Gasteiger partial charge < -0.3 is 11.1 Å². The van der Waals surface area contributed by atoms with Gasteiger partial charge >= 0.3 is 0 Å². The van der Waals surface area contributed by atoms with E-state index in [1.54, 1.807) is 31.2 Å². The second-order valence-electron chi connectivity index (χ2n) is 4.64. The molecule has 0 saturated heterocycles. The number of nitrogens with one attached hydrogen (secondary N) is 1. The van der Waals surface area contributed by atoms with E-state index in [2.05, 4.69) is 5.32 Å². The zero-order chi connectivity index (χ0) is 15.4. The molecule has 108 valence electrons. The third-order valence-electron chi connectivity index (χ3n) is 3.01. The minimum Gasteiger partial charge on any atom is -0.326 e. The van der Waals surface area contributed by atoms with Crippen LogP contribution in [0.2, 0.25) is 0 Å². The van der Waals surface area contributed by atoms with Crippen LogP contribution in [0, 0.1) is 17.0 Å². The van der Waals surface area contributed by atoms with Crippen LogP contribution >= 0.6 is 0 Å². The molecular formula is C15H15N3O3. The van der Waals surface area contributed by atoms with Crippen molar-refractivity contribution in [1.82, 2.24) is 0 Å². The molecule has 0 unspecified atom stereocenters. The molecule has 0 atom stereocenters. The van der Waals surface area contributed by atoms with Crippen molar-refractivity contribution in [2.45, 2.75) is 13.5 Å². The van der Waals surface area contributed by atoms with Gasteiger partial charge in [-0.2, -0.15) is 0 Å². The lowest BCUT2D eigenvalue weighted by Crippen LogP contribution is -2.14. The normalized spacial score (nSPS) is 10.2. The summed E-state index contributed by atoms with van der Waals surface area (Å²) in [4.78, 5) is 22.7. The smallest absolute Gasteiger partial charge is 0.282 e. The van der Waals surface area contributed by atoms with Crippen LogP contribution in [0.3, 0.4) is 0 Å². The molecule has 0 heterocycles. The van der Waals surface area contributed by atoms with E-state index in [-0.39, 0.29) is 11.3 Å². The Bertz CT molecular complexity index is 698. The van der Waals surface area contributed by atoms with E-state index in [1.807, 2.05) is 6.07 Å². The predicted molar refractivity (Wildman–Crippen MR) is 80.1 cm³/mol. The summed E-state index contributed by atoms with van der Waals surface area (Å²) in [6.07, 6.45) is 0. The summed E-state index contributed by atoms with van der Waals surface area (Å²) in [5, 5.41) is 13.7. The zero-order valence-corrected chi connectivity index (χ0v) is 11.5. The summed E-state index contributed by atoms with van der Waals surface area (Å²) >= 11 is 0. The van der Waals surface area contributed by atoms with Crippen LogP contribution in [0.4, 0.5) is 11.4 Å². The highest BCUT2D eigenvalue weighted by molar-refractivity contribution is 6.07. The van der Waals surface area contributed by atoms with Gasteiger partial charge in [-0.1, -0.05) is 18.2 Å². The molecule has 2 aromatic rings. The van der Waals surface area contributed by atoms with Crippen molar-refractivity contribution in [1.29, 1.82) is 0 Å². The first-order chi connectivity index (χ1) is 10.0. The van der Waals surface area contributed by atoms with Gasteiger partial charge in [-0.25, -0.2) is 0 Å². The van der Waals surface area contributed by atoms with Gasteiger partial charge in [0.1, 0.15) is 5.56 Å². The molecule has 0 radical (unpaired) electrons. The molecule has 0 aromatic heterocycles. The molecule has 0 fully saturated rings. The molecule has 0 aliphatic rings. The van der Waals surface area contributed by atoms with Crippen LogP contribution in [0.1, 0.15) is 21.5 Å². The molecule has 1 amide bonds. The molecule has 3 N–H and O–H groups in total. The van der Waals surface area contributed by atoms with Gasteiger partial charge in [-0.05, 0) is 36.2 Å². The first-order valence-corrected chi connectivity index (χ1v) is 6.36. The largest absolute Gasteiger partial charge is 0.326 e. The highest BCUT2D eigenvalue weighted by Gasteiger charge is 2.20. The number of carbonyl (C=O) groups is 1. The second kappa shape index (κ2) is 6.15. The average Bonchev–Trinajstić information content (AvgIpc) is 2.47. The Hall–Kier alpha value is -2.73. The molecule has 2 aromatic carbocycles. The van der Waals surface area contributed by atoms with Crippen molar-refractivity contribution < 1.29 is 9.72 Å². The van der Waals surface area contributed by atoms with E-state index in [0.717, 1.165) is 11.1 Å². The standard InChI is InChI=1S/C15H15N3O3/c1-10-5-6-14(18(20)21)13(7-10)15(19)17-12-4-2-3-11(8-12)9-16/h2-8H,9,16H2,1H3,(H,17,19). The van der Waals surface area contributed by atoms with Crippen molar-refractivity contribution in [2.24, 2.45) is 5.73 Å². The Labute approximate surface area is 121 Å². The summed E-state index contributed by atoms with van der Waals surface area (Å²) in [5.41, 5.74) is 7.57. The first kappa shape index (κ1) is 14.7. The Kier molecular flexibility index (Phi) is 4.30. The van der Waals surface area contributed by atoms with Crippen molar-refractivity contribution in [3.8, 4) is 0 Å². The number of benzene rings is 2. The number of nitro groups is 1. The molecule has 6 nitrogen and oxygen atoms in total. The number of nitrogens with zero attached hydrogens (tertiary/aromatic N) is 1. The SMILES string of the molecule is Cc1ccc([N+](=O)[O-])c(C(=O)Nc2cccc(CN)c2)c1. The van der Waals surface area contributed by atoms with Gasteiger partial charge in [-0.15, -0.1) is 0 Å². The van der Waals surface area contributed by atoms with Crippen molar-refractivity contribution >= 4 is 17.3 Å². The molecule has 6 heteroatoms. The summed E-state index contributed by atoms with van der Waals surface area (Å²) in [5.74, 6) is -0.514. The molecule has 0 spiro atoms. The lowest BCUT2D eigenvalue weighted by molar-refractivity contribution is -0.385. The maximum atomic E-state index is 12.2. The van der Waals surface area contributed by atoms with Crippen LogP contribution in [0.15, 0.2) is 42.5 Å². The fraction of sp³-hybridized carbons (Fsp3) is 0.133. The first-order valence-electron chi connectivity index (χ1n) is 6.36. The number of nitrogens with two attached hydrogens (primary N) is 1. The van der Waals surface area contributed by atoms with Gasteiger partial charge in [0.25, 0.3) is 11.6 Å². The van der Waals surface area contributed by atoms with Crippen LogP contribution in [-0.2, 0) is 6.54 Å². The maximum absolute atomic E-state index is 12.2. The summed E-state index contributed by atoms with van der Waals surface area (Å²) in [6.45, 7) is 2.13. The van der Waals surface area contributed by atoms with E-state index in [1.165, 1.54) is 12.1 Å². The number of carbonyl (C=O) groups excluding carboxylic acids is 1. The van der Waals surface area contributed by atoms with E-state index in [4.69, 9.17) is 5.73 Å². The number of rotatable bonds is 4. The van der Waals surface area contributed by atoms with E-state index in [0.29, 0.717) is 12.2 Å². The minimum atomic E-state index is -0.565. The lowest BCUT2D eigenvalue weighted by Gasteiger charge is -2.08. The quantitative estimate of drug-likeness (QED) is 0.666. The van der Waals surface area contributed by atoms with E-state index >= 15 is 0 Å². The van der Waals surface area contributed by atoms with Crippen LogP contribution < -0.4 is 11.1 Å². The fourth-order valence-electron chi connectivity index (χ4n) is 1.97.